The molecule has 0 unspecified atom stereocenters. The van der Waals surface area contributed by atoms with Crippen LogP contribution in [0.25, 0.3) is 0 Å². The highest BCUT2D eigenvalue weighted by molar-refractivity contribution is 5.35. The minimum absolute atomic E-state index is 0.0975. The summed E-state index contributed by atoms with van der Waals surface area (Å²) in [5.41, 5.74) is 1.15. The molecule has 0 aliphatic carbocycles. The van der Waals surface area contributed by atoms with Crippen LogP contribution in [-0.4, -0.2) is 54.6 Å². The molecule has 0 aliphatic heterocycles. The molecule has 0 bridgehead atoms. The molecule has 0 fully saturated rings. The van der Waals surface area contributed by atoms with Gasteiger partial charge in [0.05, 0.1) is 6.61 Å². The summed E-state index contributed by atoms with van der Waals surface area (Å²) < 4.78 is 5.70. The number of aliphatic hydroxyl groups excluding tert-OH is 2. The Morgan fingerprint density at radius 3 is 2.58 bits per heavy atom. The van der Waals surface area contributed by atoms with Crippen molar-refractivity contribution in [2.45, 2.75) is 25.9 Å². The molecule has 2 N–H and O–H groups in total. The molecule has 19 heavy (non-hydrogen) atoms. The topological polar surface area (TPSA) is 52.9 Å². The number of rotatable bonds is 8. The minimum Gasteiger partial charge on any atom is -0.491 e. The van der Waals surface area contributed by atoms with Gasteiger partial charge in [-0.1, -0.05) is 32.0 Å². The summed E-state index contributed by atoms with van der Waals surface area (Å²) in [6, 6.07) is 7.91. The zero-order valence-electron chi connectivity index (χ0n) is 12.0. The van der Waals surface area contributed by atoms with Gasteiger partial charge in [0.15, 0.2) is 0 Å². The van der Waals surface area contributed by atoms with Gasteiger partial charge in [0.2, 0.25) is 0 Å². The summed E-state index contributed by atoms with van der Waals surface area (Å²) in [4.78, 5) is 1.88. The minimum atomic E-state index is -0.559. The first-order valence-electron chi connectivity index (χ1n) is 6.73. The van der Waals surface area contributed by atoms with Crippen molar-refractivity contribution in [1.82, 2.24) is 4.90 Å². The monoisotopic (exact) mass is 267 g/mol. The molecule has 4 nitrogen and oxygen atoms in total. The summed E-state index contributed by atoms with van der Waals surface area (Å²) in [6.45, 7) is 5.64. The van der Waals surface area contributed by atoms with Gasteiger partial charge in [0, 0.05) is 13.1 Å². The van der Waals surface area contributed by atoms with Crippen molar-refractivity contribution in [3.8, 4) is 5.75 Å². The standard InChI is InChI=1S/C15H25NO3/c1-12(2)14-6-4-5-7-15(14)19-11-13(18)10-16(3)8-9-17/h4-7,12-13,17-18H,8-11H2,1-3H3/t13-/m0/s1. The number of hydrogen-bond acceptors (Lipinski definition) is 4. The van der Waals surface area contributed by atoms with E-state index < -0.39 is 6.10 Å². The van der Waals surface area contributed by atoms with Gasteiger partial charge in [-0.2, -0.15) is 0 Å². The molecule has 1 aromatic rings. The lowest BCUT2D eigenvalue weighted by atomic mass is 10.0. The summed E-state index contributed by atoms with van der Waals surface area (Å²) >= 11 is 0. The number of para-hydroxylation sites is 1. The lowest BCUT2D eigenvalue weighted by Crippen LogP contribution is -2.34. The Morgan fingerprint density at radius 2 is 1.95 bits per heavy atom. The highest BCUT2D eigenvalue weighted by Crippen LogP contribution is 2.25. The molecule has 0 radical (unpaired) electrons. The van der Waals surface area contributed by atoms with E-state index in [2.05, 4.69) is 13.8 Å². The van der Waals surface area contributed by atoms with E-state index in [-0.39, 0.29) is 13.2 Å². The van der Waals surface area contributed by atoms with Crippen molar-refractivity contribution in [3.63, 3.8) is 0 Å². The molecule has 1 atom stereocenters. The molecule has 4 heteroatoms. The summed E-state index contributed by atoms with van der Waals surface area (Å²) in [7, 11) is 1.86. The molecule has 108 valence electrons. The second-order valence-electron chi connectivity index (χ2n) is 5.14. The lowest BCUT2D eigenvalue weighted by molar-refractivity contribution is 0.0706. The van der Waals surface area contributed by atoms with Crippen molar-refractivity contribution in [3.05, 3.63) is 29.8 Å². The van der Waals surface area contributed by atoms with E-state index in [0.29, 0.717) is 19.0 Å². The van der Waals surface area contributed by atoms with Crippen molar-refractivity contribution in [2.75, 3.05) is 33.4 Å². The molecule has 0 saturated heterocycles. The average Bonchev–Trinajstić information content (AvgIpc) is 2.36. The van der Waals surface area contributed by atoms with E-state index in [1.165, 1.54) is 0 Å². The first-order valence-corrected chi connectivity index (χ1v) is 6.73. The van der Waals surface area contributed by atoms with Crippen LogP contribution in [0.15, 0.2) is 24.3 Å². The van der Waals surface area contributed by atoms with Gasteiger partial charge in [-0.05, 0) is 24.6 Å². The second kappa shape index (κ2) is 8.15. The van der Waals surface area contributed by atoms with Crippen LogP contribution in [0.1, 0.15) is 25.3 Å². The summed E-state index contributed by atoms with van der Waals surface area (Å²) in [5.74, 6) is 1.23. The highest BCUT2D eigenvalue weighted by Gasteiger charge is 2.11. The fourth-order valence-electron chi connectivity index (χ4n) is 1.95. The van der Waals surface area contributed by atoms with Gasteiger partial charge in [-0.3, -0.25) is 0 Å². The quantitative estimate of drug-likeness (QED) is 0.749. The van der Waals surface area contributed by atoms with Gasteiger partial charge in [-0.25, -0.2) is 0 Å². The molecule has 0 amide bonds. The summed E-state index contributed by atoms with van der Waals surface area (Å²) in [5, 5.41) is 18.7. The average molecular weight is 267 g/mol. The molecule has 0 aromatic heterocycles. The molecular weight excluding hydrogens is 242 g/mol. The van der Waals surface area contributed by atoms with Crippen LogP contribution in [-0.2, 0) is 0 Å². The predicted molar refractivity (Wildman–Crippen MR) is 76.6 cm³/mol. The Labute approximate surface area is 115 Å². The Bertz CT molecular complexity index is 368. The van der Waals surface area contributed by atoms with Crippen molar-refractivity contribution in [1.29, 1.82) is 0 Å². The Kier molecular flexibility index (Phi) is 6.84. The number of ether oxygens (including phenoxy) is 1. The number of aliphatic hydroxyl groups is 2. The third-order valence-corrected chi connectivity index (χ3v) is 2.98. The molecule has 0 saturated carbocycles. The Morgan fingerprint density at radius 1 is 1.26 bits per heavy atom. The van der Waals surface area contributed by atoms with E-state index in [4.69, 9.17) is 9.84 Å². The van der Waals surface area contributed by atoms with Gasteiger partial charge >= 0.3 is 0 Å². The number of hydrogen-bond donors (Lipinski definition) is 2. The molecular formula is C15H25NO3. The Balaban J connectivity index is 2.48. The summed E-state index contributed by atoms with van der Waals surface area (Å²) in [6.07, 6.45) is -0.559. The largest absolute Gasteiger partial charge is 0.491 e. The van der Waals surface area contributed by atoms with Crippen LogP contribution < -0.4 is 4.74 Å². The lowest BCUT2D eigenvalue weighted by Gasteiger charge is -2.21. The van der Waals surface area contributed by atoms with E-state index in [9.17, 15) is 5.11 Å². The predicted octanol–water partition coefficient (Wildman–Crippen LogP) is 1.47. The number of benzene rings is 1. The molecule has 0 heterocycles. The van der Waals surface area contributed by atoms with Gasteiger partial charge in [0.1, 0.15) is 18.5 Å². The second-order valence-corrected chi connectivity index (χ2v) is 5.14. The van der Waals surface area contributed by atoms with E-state index in [1.54, 1.807) is 0 Å². The van der Waals surface area contributed by atoms with Crippen molar-refractivity contribution < 1.29 is 14.9 Å². The molecule has 0 spiro atoms. The normalized spacial score (nSPS) is 13.0. The van der Waals surface area contributed by atoms with Crippen LogP contribution in [0.3, 0.4) is 0 Å². The van der Waals surface area contributed by atoms with Crippen molar-refractivity contribution in [2.24, 2.45) is 0 Å². The van der Waals surface area contributed by atoms with Crippen LogP contribution >= 0.6 is 0 Å². The van der Waals surface area contributed by atoms with E-state index >= 15 is 0 Å². The Hall–Kier alpha value is -1.10. The maximum Gasteiger partial charge on any atom is 0.122 e. The first kappa shape index (κ1) is 16.0. The molecule has 1 rings (SSSR count). The van der Waals surface area contributed by atoms with E-state index in [0.717, 1.165) is 11.3 Å². The fraction of sp³-hybridized carbons (Fsp3) is 0.600. The molecule has 0 aliphatic rings. The third kappa shape index (κ3) is 5.59. The van der Waals surface area contributed by atoms with Gasteiger partial charge in [0.25, 0.3) is 0 Å². The SMILES string of the molecule is CC(C)c1ccccc1OC[C@@H](O)CN(C)CCO. The van der Waals surface area contributed by atoms with Crippen LogP contribution in [0.2, 0.25) is 0 Å². The van der Waals surface area contributed by atoms with Crippen LogP contribution in [0, 0.1) is 0 Å². The zero-order valence-corrected chi connectivity index (χ0v) is 12.0. The highest BCUT2D eigenvalue weighted by atomic mass is 16.5. The smallest absolute Gasteiger partial charge is 0.122 e. The van der Waals surface area contributed by atoms with Crippen molar-refractivity contribution >= 4 is 0 Å². The number of likely N-dealkylation sites (N-methyl/N-ethyl adjacent to an activating group) is 1. The first-order chi connectivity index (χ1) is 9.04. The molecule has 1 aromatic carbocycles. The third-order valence-electron chi connectivity index (χ3n) is 2.98. The van der Waals surface area contributed by atoms with Crippen LogP contribution in [0.5, 0.6) is 5.75 Å². The van der Waals surface area contributed by atoms with E-state index in [1.807, 2.05) is 36.2 Å². The number of nitrogens with zero attached hydrogens (tertiary/aromatic N) is 1. The van der Waals surface area contributed by atoms with Crippen LogP contribution in [0.4, 0.5) is 0 Å². The fourth-order valence-corrected chi connectivity index (χ4v) is 1.95. The van der Waals surface area contributed by atoms with Gasteiger partial charge < -0.3 is 19.8 Å². The van der Waals surface area contributed by atoms with Gasteiger partial charge in [-0.15, -0.1) is 0 Å². The maximum atomic E-state index is 9.89. The maximum absolute atomic E-state index is 9.89. The zero-order chi connectivity index (χ0) is 14.3.